The number of nitrogens with zero attached hydrogens (tertiary/aromatic N) is 5. The van der Waals surface area contributed by atoms with Crippen molar-refractivity contribution in [3.8, 4) is 0 Å². The van der Waals surface area contributed by atoms with Crippen LogP contribution in [0.3, 0.4) is 0 Å². The van der Waals surface area contributed by atoms with Gasteiger partial charge in [0.2, 0.25) is 5.95 Å². The first-order valence-electron chi connectivity index (χ1n) is 11.1. The van der Waals surface area contributed by atoms with Crippen molar-refractivity contribution in [1.29, 1.82) is 0 Å². The third-order valence-electron chi connectivity index (χ3n) is 6.75. The van der Waals surface area contributed by atoms with Crippen LogP contribution >= 0.6 is 11.6 Å². The highest BCUT2D eigenvalue weighted by Crippen LogP contribution is 2.45. The van der Waals surface area contributed by atoms with Crippen LogP contribution in [0.25, 0.3) is 0 Å². The molecule has 8 nitrogen and oxygen atoms in total. The number of alkyl halides is 2. The highest BCUT2D eigenvalue weighted by molar-refractivity contribution is 7.85. The van der Waals surface area contributed by atoms with Gasteiger partial charge in [0.05, 0.1) is 33.7 Å². The summed E-state index contributed by atoms with van der Waals surface area (Å²) in [6.07, 6.45) is 7.84. The van der Waals surface area contributed by atoms with Crippen LogP contribution in [0.15, 0.2) is 17.3 Å². The van der Waals surface area contributed by atoms with Crippen molar-refractivity contribution in [2.45, 2.75) is 60.8 Å². The molecule has 0 spiro atoms. The molecular weight excluding hydrogens is 474 g/mol. The van der Waals surface area contributed by atoms with Gasteiger partial charge in [-0.2, -0.15) is 13.8 Å². The van der Waals surface area contributed by atoms with E-state index in [0.717, 1.165) is 25.1 Å². The van der Waals surface area contributed by atoms with E-state index >= 15 is 0 Å². The zero-order chi connectivity index (χ0) is 23.2. The van der Waals surface area contributed by atoms with Crippen molar-refractivity contribution in [2.75, 3.05) is 35.7 Å². The summed E-state index contributed by atoms with van der Waals surface area (Å²) in [5.74, 6) is -2.89. The van der Waals surface area contributed by atoms with Gasteiger partial charge in [-0.05, 0) is 38.5 Å². The molecule has 0 radical (unpaired) electrons. The molecule has 3 aliphatic rings. The first-order chi connectivity index (χ1) is 15.8. The molecule has 1 saturated heterocycles. The van der Waals surface area contributed by atoms with Crippen LogP contribution in [-0.2, 0) is 16.7 Å². The number of anilines is 2. The van der Waals surface area contributed by atoms with E-state index in [4.69, 9.17) is 11.6 Å². The van der Waals surface area contributed by atoms with Gasteiger partial charge in [-0.1, -0.05) is 11.6 Å². The second-order valence-corrected chi connectivity index (χ2v) is 10.9. The predicted octanol–water partition coefficient (Wildman–Crippen LogP) is 3.23. The Morgan fingerprint density at radius 1 is 1.18 bits per heavy atom. The molecule has 178 valence electrons. The molecule has 2 atom stereocenters. The normalized spacial score (nSPS) is 25.8. The van der Waals surface area contributed by atoms with Gasteiger partial charge in [0, 0.05) is 31.4 Å². The molecule has 0 amide bonds. The molecule has 4 heterocycles. The van der Waals surface area contributed by atoms with Crippen molar-refractivity contribution < 1.29 is 18.1 Å². The lowest BCUT2D eigenvalue weighted by Gasteiger charge is -2.41. The molecule has 12 heteroatoms. The molecule has 2 aliphatic heterocycles. The Labute approximate surface area is 197 Å². The summed E-state index contributed by atoms with van der Waals surface area (Å²) in [4.78, 5) is 19.3. The minimum Gasteiger partial charge on any atom is -0.394 e. The van der Waals surface area contributed by atoms with Gasteiger partial charge in [0.1, 0.15) is 22.2 Å². The fraction of sp³-hybridized carbons (Fsp3) is 0.619. The predicted molar refractivity (Wildman–Crippen MR) is 120 cm³/mol. The summed E-state index contributed by atoms with van der Waals surface area (Å²) in [6, 6.07) is 0. The Morgan fingerprint density at radius 2 is 1.94 bits per heavy atom. The number of hydrogen-bond acceptors (Lipinski definition) is 8. The lowest BCUT2D eigenvalue weighted by Crippen LogP contribution is -2.48. The molecule has 1 saturated carbocycles. The van der Waals surface area contributed by atoms with Crippen molar-refractivity contribution in [3.05, 3.63) is 28.9 Å². The smallest absolute Gasteiger partial charge is 0.302 e. The SMILES string of the molecule is O=[S@@]1CC(F)(F)c2nc(N3CCCC(c4ncc(Cl)cn4)CC3)nc(NC3(CO)CCC3)c21. The number of halogens is 3. The first-order valence-corrected chi connectivity index (χ1v) is 12.8. The molecule has 0 bridgehead atoms. The fourth-order valence-corrected chi connectivity index (χ4v) is 6.13. The molecular formula is C21H25ClF2N6O2S. The molecule has 1 aliphatic carbocycles. The largest absolute Gasteiger partial charge is 0.394 e. The minimum atomic E-state index is -3.29. The van der Waals surface area contributed by atoms with Crippen LogP contribution < -0.4 is 10.2 Å². The monoisotopic (exact) mass is 498 g/mol. The molecule has 33 heavy (non-hydrogen) atoms. The summed E-state index contributed by atoms with van der Waals surface area (Å²) in [6.45, 7) is 1.01. The Hall–Kier alpha value is -1.98. The second kappa shape index (κ2) is 8.66. The number of rotatable bonds is 5. The van der Waals surface area contributed by atoms with Crippen molar-refractivity contribution in [2.24, 2.45) is 0 Å². The van der Waals surface area contributed by atoms with Gasteiger partial charge in [0.25, 0.3) is 0 Å². The molecule has 2 aromatic heterocycles. The lowest BCUT2D eigenvalue weighted by atomic mass is 9.77. The number of hydrogen-bond donors (Lipinski definition) is 2. The van der Waals surface area contributed by atoms with Crippen LogP contribution in [-0.4, -0.2) is 60.2 Å². The molecule has 0 aromatic carbocycles. The van der Waals surface area contributed by atoms with E-state index < -0.39 is 33.7 Å². The third kappa shape index (κ3) is 4.30. The minimum absolute atomic E-state index is 0.0364. The number of nitrogens with one attached hydrogen (secondary N) is 1. The van der Waals surface area contributed by atoms with Gasteiger partial charge in [0.15, 0.2) is 0 Å². The maximum Gasteiger partial charge on any atom is 0.302 e. The van der Waals surface area contributed by atoms with Gasteiger partial charge in [-0.15, -0.1) is 0 Å². The molecule has 2 fully saturated rings. The van der Waals surface area contributed by atoms with E-state index in [1.165, 1.54) is 0 Å². The van der Waals surface area contributed by atoms with Crippen LogP contribution in [0.2, 0.25) is 5.02 Å². The Balaban J connectivity index is 1.45. The topological polar surface area (TPSA) is 104 Å². The zero-order valence-corrected chi connectivity index (χ0v) is 19.5. The number of aromatic nitrogens is 4. The van der Waals surface area contributed by atoms with Gasteiger partial charge in [-0.3, -0.25) is 4.21 Å². The average Bonchev–Trinajstić information content (AvgIpc) is 2.91. The van der Waals surface area contributed by atoms with E-state index in [9.17, 15) is 18.1 Å². The lowest BCUT2D eigenvalue weighted by molar-refractivity contribution is 0.0191. The highest BCUT2D eigenvalue weighted by Gasteiger charge is 2.49. The van der Waals surface area contributed by atoms with Gasteiger partial charge in [-0.25, -0.2) is 15.0 Å². The molecule has 2 N–H and O–H groups in total. The van der Waals surface area contributed by atoms with Crippen molar-refractivity contribution >= 4 is 34.2 Å². The fourth-order valence-electron chi connectivity index (χ4n) is 4.70. The van der Waals surface area contributed by atoms with E-state index in [0.29, 0.717) is 37.4 Å². The van der Waals surface area contributed by atoms with Crippen LogP contribution in [0.4, 0.5) is 20.5 Å². The molecule has 2 aromatic rings. The molecule has 1 unspecified atom stereocenters. The Kier molecular flexibility index (Phi) is 5.98. The summed E-state index contributed by atoms with van der Waals surface area (Å²) < 4.78 is 42.0. The molecule has 5 rings (SSSR count). The Morgan fingerprint density at radius 3 is 2.61 bits per heavy atom. The van der Waals surface area contributed by atoms with Gasteiger partial charge >= 0.3 is 5.92 Å². The number of fused-ring (bicyclic) bond motifs is 1. The summed E-state index contributed by atoms with van der Waals surface area (Å²) in [7, 11) is -1.91. The van der Waals surface area contributed by atoms with E-state index in [2.05, 4.69) is 25.3 Å². The van der Waals surface area contributed by atoms with E-state index in [1.807, 2.05) is 4.90 Å². The van der Waals surface area contributed by atoms with E-state index in [-0.39, 0.29) is 29.2 Å². The third-order valence-corrected chi connectivity index (χ3v) is 8.42. The van der Waals surface area contributed by atoms with Crippen molar-refractivity contribution in [3.63, 3.8) is 0 Å². The zero-order valence-electron chi connectivity index (χ0n) is 17.9. The van der Waals surface area contributed by atoms with Gasteiger partial charge < -0.3 is 15.3 Å². The average molecular weight is 499 g/mol. The maximum atomic E-state index is 14.7. The number of aliphatic hydroxyl groups is 1. The summed E-state index contributed by atoms with van der Waals surface area (Å²) in [5.41, 5.74) is -1.08. The van der Waals surface area contributed by atoms with Crippen LogP contribution in [0.5, 0.6) is 0 Å². The van der Waals surface area contributed by atoms with E-state index in [1.54, 1.807) is 12.4 Å². The second-order valence-electron chi connectivity index (χ2n) is 9.04. The summed E-state index contributed by atoms with van der Waals surface area (Å²) >= 11 is 5.90. The maximum absolute atomic E-state index is 14.7. The standard InChI is InChI=1S/C21H25ClF2N6O2S/c22-14-9-25-17(26-10-14)13-3-1-7-30(8-4-13)19-27-16-15(33(32)12-21(16,23)24)18(28-19)29-20(11-31)5-2-6-20/h9-10,13,31H,1-8,11-12H2,(H,27,28,29)/t13?,33-/m1/s1. The van der Waals surface area contributed by atoms with Crippen LogP contribution in [0, 0.1) is 0 Å². The Bertz CT molecular complexity index is 1060. The number of aliphatic hydroxyl groups excluding tert-OH is 1. The van der Waals surface area contributed by atoms with Crippen molar-refractivity contribution in [1.82, 2.24) is 19.9 Å². The highest BCUT2D eigenvalue weighted by atomic mass is 35.5. The first kappa shape index (κ1) is 22.8. The van der Waals surface area contributed by atoms with Crippen LogP contribution in [0.1, 0.15) is 56.0 Å². The quantitative estimate of drug-likeness (QED) is 0.647. The summed E-state index contributed by atoms with van der Waals surface area (Å²) in [5, 5.41) is 13.5.